The van der Waals surface area contributed by atoms with E-state index < -0.39 is 21.7 Å². The molecule has 7 nitrogen and oxygen atoms in total. The second-order valence-electron chi connectivity index (χ2n) is 11.5. The number of benzene rings is 3. The molecule has 0 saturated carbocycles. The standard InChI is InChI=1S/C31H37F2N3O4S/c1-31(2,3)40-30(37)36(20-22-8-7-10-27(16-22)34-41(4,38)39)15-14-35-21-24-12-13-26(32)17-25(24)19-28(35)18-23-9-5-6-11-29(23)33/h5-13,16-17,28,34H,14-15,18-21H2,1-4H3. The number of hydrogen-bond acceptors (Lipinski definition) is 5. The second kappa shape index (κ2) is 12.6. The van der Waals surface area contributed by atoms with Gasteiger partial charge in [-0.2, -0.15) is 0 Å². The van der Waals surface area contributed by atoms with Gasteiger partial charge in [0.2, 0.25) is 10.0 Å². The predicted octanol–water partition coefficient (Wildman–Crippen LogP) is 5.74. The van der Waals surface area contributed by atoms with E-state index in [1.54, 1.807) is 74.2 Å². The summed E-state index contributed by atoms with van der Waals surface area (Å²) in [5.74, 6) is -0.582. The van der Waals surface area contributed by atoms with Crippen molar-refractivity contribution in [1.82, 2.24) is 9.80 Å². The number of sulfonamides is 1. The van der Waals surface area contributed by atoms with Gasteiger partial charge in [0.15, 0.2) is 0 Å². The molecular weight excluding hydrogens is 548 g/mol. The van der Waals surface area contributed by atoms with Crippen LogP contribution >= 0.6 is 0 Å². The average molecular weight is 586 g/mol. The van der Waals surface area contributed by atoms with Crippen LogP contribution in [-0.2, 0) is 40.7 Å². The number of carbonyl (C=O) groups is 1. The summed E-state index contributed by atoms with van der Waals surface area (Å²) >= 11 is 0. The molecule has 4 rings (SSSR count). The topological polar surface area (TPSA) is 79.0 Å². The Hall–Kier alpha value is -3.50. The molecule has 1 heterocycles. The number of halogens is 2. The van der Waals surface area contributed by atoms with Crippen LogP contribution in [0.1, 0.15) is 43.0 Å². The first-order valence-corrected chi connectivity index (χ1v) is 15.4. The van der Waals surface area contributed by atoms with Crippen LogP contribution in [0.5, 0.6) is 0 Å². The molecular formula is C31H37F2N3O4S. The molecule has 0 bridgehead atoms. The Morgan fingerprint density at radius 3 is 2.51 bits per heavy atom. The van der Waals surface area contributed by atoms with Crippen LogP contribution in [0.3, 0.4) is 0 Å². The van der Waals surface area contributed by atoms with Gasteiger partial charge in [-0.15, -0.1) is 0 Å². The third kappa shape index (κ3) is 8.99. The molecule has 1 unspecified atom stereocenters. The molecule has 0 aromatic heterocycles. The lowest BCUT2D eigenvalue weighted by molar-refractivity contribution is 0.0198. The number of anilines is 1. The van der Waals surface area contributed by atoms with Crippen LogP contribution in [0, 0.1) is 11.6 Å². The van der Waals surface area contributed by atoms with Crippen molar-refractivity contribution in [2.24, 2.45) is 0 Å². The normalized spacial score (nSPS) is 15.7. The van der Waals surface area contributed by atoms with Crippen LogP contribution in [0.2, 0.25) is 0 Å². The number of nitrogens with one attached hydrogen (secondary N) is 1. The highest BCUT2D eigenvalue weighted by Crippen LogP contribution is 2.27. The van der Waals surface area contributed by atoms with Crippen LogP contribution in [0.25, 0.3) is 0 Å². The summed E-state index contributed by atoms with van der Waals surface area (Å²) in [6.07, 6.45) is 1.57. The van der Waals surface area contributed by atoms with Crippen molar-refractivity contribution in [2.75, 3.05) is 24.1 Å². The summed E-state index contributed by atoms with van der Waals surface area (Å²) in [5.41, 5.74) is 2.91. The fourth-order valence-electron chi connectivity index (χ4n) is 5.03. The van der Waals surface area contributed by atoms with Crippen molar-refractivity contribution < 1.29 is 26.7 Å². The lowest BCUT2D eigenvalue weighted by atomic mass is 9.90. The quantitative estimate of drug-likeness (QED) is 0.346. The Kier molecular flexibility index (Phi) is 9.34. The van der Waals surface area contributed by atoms with Crippen molar-refractivity contribution in [3.05, 3.63) is 101 Å². The minimum absolute atomic E-state index is 0.107. The Morgan fingerprint density at radius 1 is 1.05 bits per heavy atom. The molecule has 1 aliphatic rings. The maximum absolute atomic E-state index is 14.6. The number of fused-ring (bicyclic) bond motifs is 1. The monoisotopic (exact) mass is 585 g/mol. The molecule has 0 radical (unpaired) electrons. The Balaban J connectivity index is 1.57. The number of rotatable bonds is 9. The summed E-state index contributed by atoms with van der Waals surface area (Å²) < 4.78 is 60.2. The second-order valence-corrected chi connectivity index (χ2v) is 13.3. The molecule has 3 aromatic carbocycles. The smallest absolute Gasteiger partial charge is 0.410 e. The number of ether oxygens (including phenoxy) is 1. The summed E-state index contributed by atoms with van der Waals surface area (Å²) in [4.78, 5) is 17.1. The largest absolute Gasteiger partial charge is 0.444 e. The van der Waals surface area contributed by atoms with Crippen molar-refractivity contribution in [2.45, 2.75) is 58.3 Å². The summed E-state index contributed by atoms with van der Waals surface area (Å²) in [6.45, 7) is 6.90. The van der Waals surface area contributed by atoms with E-state index in [0.717, 1.165) is 22.9 Å². The maximum atomic E-state index is 14.6. The highest BCUT2D eigenvalue weighted by atomic mass is 32.2. The number of hydrogen-bond donors (Lipinski definition) is 1. The van der Waals surface area contributed by atoms with E-state index in [4.69, 9.17) is 4.74 Å². The van der Waals surface area contributed by atoms with Gasteiger partial charge in [0, 0.05) is 37.9 Å². The summed E-state index contributed by atoms with van der Waals surface area (Å²) in [6, 6.07) is 18.2. The van der Waals surface area contributed by atoms with Gasteiger partial charge >= 0.3 is 6.09 Å². The van der Waals surface area contributed by atoms with Crippen LogP contribution in [0.4, 0.5) is 19.3 Å². The Morgan fingerprint density at radius 2 is 1.80 bits per heavy atom. The van der Waals surface area contributed by atoms with Crippen molar-refractivity contribution in [3.8, 4) is 0 Å². The molecule has 1 amide bonds. The fourth-order valence-corrected chi connectivity index (χ4v) is 5.58. The molecule has 10 heteroatoms. The minimum atomic E-state index is -3.46. The van der Waals surface area contributed by atoms with E-state index in [2.05, 4.69) is 9.62 Å². The maximum Gasteiger partial charge on any atom is 0.410 e. The van der Waals surface area contributed by atoms with Gasteiger partial charge < -0.3 is 9.64 Å². The van der Waals surface area contributed by atoms with Gasteiger partial charge in [-0.25, -0.2) is 22.0 Å². The van der Waals surface area contributed by atoms with E-state index in [9.17, 15) is 22.0 Å². The minimum Gasteiger partial charge on any atom is -0.444 e. The highest BCUT2D eigenvalue weighted by Gasteiger charge is 2.29. The zero-order valence-electron chi connectivity index (χ0n) is 23.9. The van der Waals surface area contributed by atoms with Crippen molar-refractivity contribution >= 4 is 21.8 Å². The van der Waals surface area contributed by atoms with Crippen LogP contribution in [-0.4, -0.2) is 55.3 Å². The van der Waals surface area contributed by atoms with Gasteiger partial charge in [-0.05, 0) is 86.2 Å². The first kappa shape index (κ1) is 30.5. The predicted molar refractivity (Wildman–Crippen MR) is 156 cm³/mol. The summed E-state index contributed by atoms with van der Waals surface area (Å²) in [7, 11) is -3.46. The Bertz CT molecular complexity index is 1490. The Labute approximate surface area is 241 Å². The average Bonchev–Trinajstić information content (AvgIpc) is 2.86. The first-order valence-electron chi connectivity index (χ1n) is 13.6. The molecule has 41 heavy (non-hydrogen) atoms. The van der Waals surface area contributed by atoms with Crippen molar-refractivity contribution in [1.29, 1.82) is 0 Å². The molecule has 1 atom stereocenters. The zero-order chi connectivity index (χ0) is 29.8. The molecule has 0 fully saturated rings. The molecule has 220 valence electrons. The number of nitrogens with zero attached hydrogens (tertiary/aromatic N) is 2. The van der Waals surface area contributed by atoms with Gasteiger partial charge in [0.25, 0.3) is 0 Å². The van der Waals surface area contributed by atoms with E-state index in [-0.39, 0.29) is 24.2 Å². The first-order chi connectivity index (χ1) is 19.3. The molecule has 1 aliphatic heterocycles. The van der Waals surface area contributed by atoms with Gasteiger partial charge in [-0.3, -0.25) is 9.62 Å². The molecule has 0 aliphatic carbocycles. The third-order valence-electron chi connectivity index (χ3n) is 6.84. The van der Waals surface area contributed by atoms with E-state index in [1.165, 1.54) is 12.1 Å². The van der Waals surface area contributed by atoms with Crippen LogP contribution in [0.15, 0.2) is 66.7 Å². The molecule has 0 saturated heterocycles. The van der Waals surface area contributed by atoms with Crippen LogP contribution < -0.4 is 4.72 Å². The fraction of sp³-hybridized carbons (Fsp3) is 0.387. The summed E-state index contributed by atoms with van der Waals surface area (Å²) in [5, 5.41) is 0. The zero-order valence-corrected chi connectivity index (χ0v) is 24.7. The van der Waals surface area contributed by atoms with E-state index in [0.29, 0.717) is 43.7 Å². The number of amides is 1. The van der Waals surface area contributed by atoms with Crippen molar-refractivity contribution in [3.63, 3.8) is 0 Å². The van der Waals surface area contributed by atoms with Gasteiger partial charge in [0.05, 0.1) is 6.26 Å². The lowest BCUT2D eigenvalue weighted by Crippen LogP contribution is -2.47. The number of carbonyl (C=O) groups excluding carboxylic acids is 1. The molecule has 1 N–H and O–H groups in total. The highest BCUT2D eigenvalue weighted by molar-refractivity contribution is 7.92. The van der Waals surface area contributed by atoms with Gasteiger partial charge in [-0.1, -0.05) is 36.4 Å². The van der Waals surface area contributed by atoms with E-state index in [1.807, 2.05) is 6.07 Å². The van der Waals surface area contributed by atoms with Gasteiger partial charge in [0.1, 0.15) is 17.2 Å². The third-order valence-corrected chi connectivity index (χ3v) is 7.45. The SMILES string of the molecule is CC(C)(C)OC(=O)N(CCN1Cc2ccc(F)cc2CC1Cc1ccccc1F)Cc1cccc(NS(C)(=O)=O)c1. The van der Waals surface area contributed by atoms with E-state index >= 15 is 0 Å². The molecule has 0 spiro atoms. The molecule has 3 aromatic rings. The lowest BCUT2D eigenvalue weighted by Gasteiger charge is -2.38.